The van der Waals surface area contributed by atoms with Gasteiger partial charge >= 0.3 is 0 Å². The number of rotatable bonds is 8. The lowest BCUT2D eigenvalue weighted by Gasteiger charge is -2.29. The summed E-state index contributed by atoms with van der Waals surface area (Å²) in [6.45, 7) is 8.35. The van der Waals surface area contributed by atoms with Crippen molar-refractivity contribution >= 4 is 17.2 Å². The second-order valence-corrected chi connectivity index (χ2v) is 6.42. The van der Waals surface area contributed by atoms with E-state index in [1.165, 1.54) is 11.3 Å². The van der Waals surface area contributed by atoms with Gasteiger partial charge in [0.25, 0.3) is 5.91 Å². The molecule has 1 aromatic rings. The lowest BCUT2D eigenvalue weighted by molar-refractivity contribution is 0.0854. The Bertz CT molecular complexity index is 461. The summed E-state index contributed by atoms with van der Waals surface area (Å²) in [5.41, 5.74) is 0.482. The molecule has 1 unspecified atom stereocenters. The van der Waals surface area contributed by atoms with Crippen molar-refractivity contribution in [1.82, 2.24) is 10.3 Å². The molecule has 0 fully saturated rings. The number of carbonyl (C=O) groups excluding carboxylic acids is 1. The number of carbonyl (C=O) groups is 1. The van der Waals surface area contributed by atoms with E-state index in [1.807, 2.05) is 27.7 Å². The fourth-order valence-electron chi connectivity index (χ4n) is 2.03. The minimum absolute atomic E-state index is 0.0773. The summed E-state index contributed by atoms with van der Waals surface area (Å²) in [5, 5.41) is 13.3. The van der Waals surface area contributed by atoms with Crippen LogP contribution in [-0.4, -0.2) is 36.3 Å². The van der Waals surface area contributed by atoms with Crippen LogP contribution in [0, 0.1) is 12.3 Å². The minimum atomic E-state index is -0.239. The summed E-state index contributed by atoms with van der Waals surface area (Å²) < 4.78 is 5.23. The molecule has 0 aromatic carbocycles. The molecule has 1 atom stereocenters. The van der Waals surface area contributed by atoms with Gasteiger partial charge in [-0.05, 0) is 26.7 Å². The first kappa shape index (κ1) is 18.1. The number of methoxy groups -OCH3 is 1. The van der Waals surface area contributed by atoms with Crippen LogP contribution >= 0.6 is 11.3 Å². The van der Waals surface area contributed by atoms with E-state index >= 15 is 0 Å². The molecule has 5 nitrogen and oxygen atoms in total. The van der Waals surface area contributed by atoms with Gasteiger partial charge in [-0.15, -0.1) is 11.3 Å². The van der Waals surface area contributed by atoms with Gasteiger partial charge in [-0.1, -0.05) is 13.8 Å². The van der Waals surface area contributed by atoms with E-state index in [1.54, 1.807) is 7.11 Å². The number of amides is 1. The first-order valence-corrected chi connectivity index (χ1v) is 8.13. The summed E-state index contributed by atoms with van der Waals surface area (Å²) in [6, 6.07) is 0. The average Bonchev–Trinajstić information content (AvgIpc) is 2.90. The molecule has 1 heterocycles. The van der Waals surface area contributed by atoms with Crippen molar-refractivity contribution < 1.29 is 14.6 Å². The lowest BCUT2D eigenvalue weighted by Crippen LogP contribution is -2.39. The van der Waals surface area contributed by atoms with E-state index in [4.69, 9.17) is 4.74 Å². The largest absolute Gasteiger partial charge is 0.396 e. The van der Waals surface area contributed by atoms with E-state index in [0.29, 0.717) is 11.4 Å². The van der Waals surface area contributed by atoms with Gasteiger partial charge in [0.2, 0.25) is 0 Å². The zero-order chi connectivity index (χ0) is 16.0. The Morgan fingerprint density at radius 2 is 2.10 bits per heavy atom. The zero-order valence-corrected chi connectivity index (χ0v) is 14.3. The highest BCUT2D eigenvalue weighted by atomic mass is 32.1. The maximum Gasteiger partial charge on any atom is 0.263 e. The Labute approximate surface area is 130 Å². The normalized spacial score (nSPS) is 13.2. The summed E-state index contributed by atoms with van der Waals surface area (Å²) in [6.07, 6.45) is 1.54. The second-order valence-electron chi connectivity index (χ2n) is 5.39. The number of nitrogens with one attached hydrogen (secondary N) is 1. The molecular formula is C15H26N2O3S. The van der Waals surface area contributed by atoms with Crippen molar-refractivity contribution in [3.63, 3.8) is 0 Å². The zero-order valence-electron chi connectivity index (χ0n) is 13.5. The molecule has 6 heteroatoms. The molecule has 0 aliphatic carbocycles. The second kappa shape index (κ2) is 7.87. The van der Waals surface area contributed by atoms with Crippen LogP contribution in [0.2, 0.25) is 0 Å². The van der Waals surface area contributed by atoms with Gasteiger partial charge in [-0.3, -0.25) is 4.79 Å². The molecule has 21 heavy (non-hydrogen) atoms. The van der Waals surface area contributed by atoms with Gasteiger partial charge in [0.05, 0.1) is 12.3 Å². The summed E-state index contributed by atoms with van der Waals surface area (Å²) in [4.78, 5) is 17.3. The molecule has 0 aliphatic rings. The molecule has 0 saturated heterocycles. The fourth-order valence-corrected chi connectivity index (χ4v) is 3.04. The van der Waals surface area contributed by atoms with Crippen LogP contribution in [0.5, 0.6) is 0 Å². The molecule has 1 amide bonds. The van der Waals surface area contributed by atoms with Crippen LogP contribution in [-0.2, 0) is 4.74 Å². The van der Waals surface area contributed by atoms with E-state index < -0.39 is 0 Å². The number of ether oxygens (including phenoxy) is 1. The molecule has 2 N–H and O–H groups in total. The maximum atomic E-state index is 12.3. The Hall–Kier alpha value is -0.980. The molecule has 0 saturated carbocycles. The van der Waals surface area contributed by atoms with Crippen LogP contribution < -0.4 is 5.32 Å². The van der Waals surface area contributed by atoms with Gasteiger partial charge < -0.3 is 15.2 Å². The molecule has 1 aromatic heterocycles. The van der Waals surface area contributed by atoms with Crippen molar-refractivity contribution in [3.8, 4) is 0 Å². The first-order chi connectivity index (χ1) is 9.92. The highest BCUT2D eigenvalue weighted by molar-refractivity contribution is 7.13. The number of aryl methyl sites for hydroxylation is 1. The lowest BCUT2D eigenvalue weighted by atomic mass is 9.83. The molecule has 0 bridgehead atoms. The third-order valence-corrected chi connectivity index (χ3v) is 5.50. The van der Waals surface area contributed by atoms with Crippen molar-refractivity contribution in [2.24, 2.45) is 5.41 Å². The van der Waals surface area contributed by atoms with E-state index in [-0.39, 0.29) is 24.0 Å². The fraction of sp³-hybridized carbons (Fsp3) is 0.733. The van der Waals surface area contributed by atoms with Crippen molar-refractivity contribution in [3.05, 3.63) is 15.6 Å². The Morgan fingerprint density at radius 1 is 1.48 bits per heavy atom. The first-order valence-electron chi connectivity index (χ1n) is 7.32. The third-order valence-electron chi connectivity index (χ3n) is 4.18. The van der Waals surface area contributed by atoms with Crippen molar-refractivity contribution in [2.75, 3.05) is 20.3 Å². The monoisotopic (exact) mass is 314 g/mol. The van der Waals surface area contributed by atoms with Crippen LogP contribution in [0.3, 0.4) is 0 Å². The molecule has 1 rings (SSSR count). The van der Waals surface area contributed by atoms with Crippen LogP contribution in [0.4, 0.5) is 0 Å². The third kappa shape index (κ3) is 4.25. The summed E-state index contributed by atoms with van der Waals surface area (Å²) in [7, 11) is 1.62. The topological polar surface area (TPSA) is 71.5 Å². The highest BCUT2D eigenvalue weighted by Gasteiger charge is 2.27. The summed E-state index contributed by atoms with van der Waals surface area (Å²) >= 11 is 1.36. The Balaban J connectivity index is 2.78. The number of hydrogen-bond donors (Lipinski definition) is 2. The van der Waals surface area contributed by atoms with Crippen LogP contribution in [0.25, 0.3) is 0 Å². The molecule has 0 aliphatic heterocycles. The van der Waals surface area contributed by atoms with Gasteiger partial charge in [0, 0.05) is 19.1 Å². The predicted molar refractivity (Wildman–Crippen MR) is 84.7 cm³/mol. The van der Waals surface area contributed by atoms with Crippen molar-refractivity contribution in [1.29, 1.82) is 0 Å². The Kier molecular flexibility index (Phi) is 6.77. The number of thiazole rings is 1. The summed E-state index contributed by atoms with van der Waals surface area (Å²) in [5.74, 6) is -0.126. The van der Waals surface area contributed by atoms with Crippen LogP contribution in [0.15, 0.2) is 0 Å². The highest BCUT2D eigenvalue weighted by Crippen LogP contribution is 2.27. The molecule has 120 valence electrons. The number of aromatic nitrogens is 1. The molecule has 0 spiro atoms. The van der Waals surface area contributed by atoms with Gasteiger partial charge in [-0.25, -0.2) is 4.98 Å². The number of nitrogens with zero attached hydrogens (tertiary/aromatic N) is 1. The SMILES string of the molecule is CCC(CC)(CO)CNC(=O)c1sc(C(C)OC)nc1C. The average molecular weight is 314 g/mol. The van der Waals surface area contributed by atoms with Gasteiger partial charge in [0.1, 0.15) is 16.0 Å². The van der Waals surface area contributed by atoms with Crippen LogP contribution in [0.1, 0.15) is 60.1 Å². The van der Waals surface area contributed by atoms with E-state index in [2.05, 4.69) is 10.3 Å². The van der Waals surface area contributed by atoms with E-state index in [9.17, 15) is 9.90 Å². The molecule has 0 radical (unpaired) electrons. The standard InChI is InChI=1S/C15H26N2O3S/c1-6-15(7-2,9-18)8-16-13(19)12-10(3)17-14(21-12)11(4)20-5/h11,18H,6-9H2,1-5H3,(H,16,19). The predicted octanol–water partition coefficient (Wildman–Crippen LogP) is 2.69. The number of aliphatic hydroxyl groups is 1. The van der Waals surface area contributed by atoms with Gasteiger partial charge in [-0.2, -0.15) is 0 Å². The number of hydrogen-bond acceptors (Lipinski definition) is 5. The number of aliphatic hydroxyl groups excluding tert-OH is 1. The smallest absolute Gasteiger partial charge is 0.263 e. The minimum Gasteiger partial charge on any atom is -0.396 e. The quantitative estimate of drug-likeness (QED) is 0.774. The van der Waals surface area contributed by atoms with Crippen molar-refractivity contribution in [2.45, 2.75) is 46.6 Å². The van der Waals surface area contributed by atoms with E-state index in [0.717, 1.165) is 23.5 Å². The van der Waals surface area contributed by atoms with Gasteiger partial charge in [0.15, 0.2) is 0 Å². The molecular weight excluding hydrogens is 288 g/mol. The Morgan fingerprint density at radius 3 is 2.57 bits per heavy atom. The maximum absolute atomic E-state index is 12.3.